The molecule has 2 heterocycles. The van der Waals surface area contributed by atoms with Gasteiger partial charge in [0, 0.05) is 13.0 Å². The normalized spacial score (nSPS) is 20.2. The number of carbonyl (C=O) groups excluding carboxylic acids is 1. The van der Waals surface area contributed by atoms with Crippen LogP contribution in [0.3, 0.4) is 0 Å². The molecule has 1 amide bonds. The van der Waals surface area contributed by atoms with Crippen LogP contribution in [-0.4, -0.2) is 18.2 Å². The van der Waals surface area contributed by atoms with Crippen molar-refractivity contribution in [3.05, 3.63) is 16.5 Å². The van der Waals surface area contributed by atoms with Crippen molar-refractivity contribution in [3.63, 3.8) is 0 Å². The summed E-state index contributed by atoms with van der Waals surface area (Å²) < 4.78 is 0. The van der Waals surface area contributed by atoms with E-state index in [0.717, 1.165) is 10.6 Å². The second-order valence-corrected chi connectivity index (χ2v) is 5.19. The van der Waals surface area contributed by atoms with Gasteiger partial charge in [0.2, 0.25) is 5.91 Å². The Morgan fingerprint density at radius 1 is 1.75 bits per heavy atom. The van der Waals surface area contributed by atoms with E-state index < -0.39 is 0 Å². The molecular formula is C11H12N2OS2. The molecule has 1 saturated heterocycles. The number of thiol groups is 1. The lowest BCUT2D eigenvalue weighted by Gasteiger charge is -2.14. The van der Waals surface area contributed by atoms with Crippen LogP contribution in [-0.2, 0) is 4.79 Å². The molecule has 2 rings (SSSR count). The monoisotopic (exact) mass is 252 g/mol. The van der Waals surface area contributed by atoms with E-state index in [9.17, 15) is 4.79 Å². The Morgan fingerprint density at radius 3 is 3.06 bits per heavy atom. The average molecular weight is 252 g/mol. The van der Waals surface area contributed by atoms with E-state index in [4.69, 9.17) is 5.26 Å². The van der Waals surface area contributed by atoms with Gasteiger partial charge in [-0.2, -0.15) is 17.9 Å². The zero-order valence-corrected chi connectivity index (χ0v) is 10.6. The quantitative estimate of drug-likeness (QED) is 0.820. The first-order valence-electron chi connectivity index (χ1n) is 5.06. The van der Waals surface area contributed by atoms with Gasteiger partial charge in [-0.15, -0.1) is 11.3 Å². The van der Waals surface area contributed by atoms with Crippen LogP contribution in [0.2, 0.25) is 0 Å². The molecule has 0 spiro atoms. The van der Waals surface area contributed by atoms with Crippen molar-refractivity contribution in [1.82, 2.24) is 0 Å². The highest BCUT2D eigenvalue weighted by Gasteiger charge is 2.32. The van der Waals surface area contributed by atoms with E-state index in [0.29, 0.717) is 30.2 Å². The van der Waals surface area contributed by atoms with E-state index in [2.05, 4.69) is 18.7 Å². The Labute approximate surface area is 104 Å². The number of aryl methyl sites for hydroxylation is 1. The summed E-state index contributed by atoms with van der Waals surface area (Å²) in [6.45, 7) is 2.59. The van der Waals surface area contributed by atoms with Crippen molar-refractivity contribution in [2.24, 2.45) is 5.92 Å². The maximum atomic E-state index is 11.8. The fourth-order valence-electron chi connectivity index (χ4n) is 1.87. The molecule has 84 valence electrons. The van der Waals surface area contributed by atoms with E-state index in [-0.39, 0.29) is 5.91 Å². The Bertz CT molecular complexity index is 461. The van der Waals surface area contributed by atoms with Crippen LogP contribution < -0.4 is 4.90 Å². The van der Waals surface area contributed by atoms with E-state index in [1.807, 2.05) is 12.3 Å². The molecule has 1 atom stereocenters. The summed E-state index contributed by atoms with van der Waals surface area (Å²) in [6.07, 6.45) is 0.547. The molecule has 1 aromatic heterocycles. The lowest BCUT2D eigenvalue weighted by atomic mass is 10.1. The maximum absolute atomic E-state index is 11.8. The van der Waals surface area contributed by atoms with Gasteiger partial charge in [-0.25, -0.2) is 0 Å². The Balaban J connectivity index is 2.32. The van der Waals surface area contributed by atoms with Crippen LogP contribution in [0.25, 0.3) is 0 Å². The first-order chi connectivity index (χ1) is 7.67. The van der Waals surface area contributed by atoms with Crippen LogP contribution in [0.4, 0.5) is 5.00 Å². The fourth-order valence-corrected chi connectivity index (χ4v) is 3.14. The second-order valence-electron chi connectivity index (χ2n) is 3.97. The van der Waals surface area contributed by atoms with Gasteiger partial charge in [-0.05, 0) is 29.5 Å². The molecule has 1 fully saturated rings. The number of anilines is 1. The fraction of sp³-hybridized carbons (Fsp3) is 0.455. The number of hydrogen-bond donors (Lipinski definition) is 1. The minimum atomic E-state index is 0.109. The molecule has 0 aromatic carbocycles. The largest absolute Gasteiger partial charge is 0.302 e. The molecule has 0 bridgehead atoms. The first kappa shape index (κ1) is 11.5. The second kappa shape index (κ2) is 4.48. The highest BCUT2D eigenvalue weighted by Crippen LogP contribution is 2.34. The van der Waals surface area contributed by atoms with Crippen molar-refractivity contribution in [3.8, 4) is 6.07 Å². The molecule has 1 unspecified atom stereocenters. The third kappa shape index (κ3) is 1.83. The predicted molar refractivity (Wildman–Crippen MR) is 68.1 cm³/mol. The number of nitriles is 1. The minimum Gasteiger partial charge on any atom is -0.302 e. The van der Waals surface area contributed by atoms with Gasteiger partial charge < -0.3 is 4.90 Å². The minimum absolute atomic E-state index is 0.109. The Kier molecular flexibility index (Phi) is 3.22. The third-order valence-corrected chi connectivity index (χ3v) is 4.41. The number of hydrogen-bond acceptors (Lipinski definition) is 4. The van der Waals surface area contributed by atoms with Gasteiger partial charge in [0.1, 0.15) is 11.1 Å². The van der Waals surface area contributed by atoms with Crippen LogP contribution in [0.1, 0.15) is 17.5 Å². The zero-order chi connectivity index (χ0) is 11.7. The Morgan fingerprint density at radius 2 is 2.50 bits per heavy atom. The van der Waals surface area contributed by atoms with Gasteiger partial charge >= 0.3 is 0 Å². The van der Waals surface area contributed by atoms with Gasteiger partial charge in [0.15, 0.2) is 0 Å². The van der Waals surface area contributed by atoms with Crippen molar-refractivity contribution in [1.29, 1.82) is 5.26 Å². The van der Waals surface area contributed by atoms with Crippen molar-refractivity contribution in [2.45, 2.75) is 13.3 Å². The summed E-state index contributed by atoms with van der Waals surface area (Å²) in [7, 11) is 0. The molecule has 3 nitrogen and oxygen atoms in total. The van der Waals surface area contributed by atoms with Gasteiger partial charge in [-0.3, -0.25) is 4.79 Å². The summed E-state index contributed by atoms with van der Waals surface area (Å²) in [4.78, 5) is 13.5. The lowest BCUT2D eigenvalue weighted by molar-refractivity contribution is -0.117. The summed E-state index contributed by atoms with van der Waals surface area (Å²) in [6, 6.07) is 2.17. The highest BCUT2D eigenvalue weighted by atomic mass is 32.1. The van der Waals surface area contributed by atoms with Crippen LogP contribution in [0.5, 0.6) is 0 Å². The molecule has 0 N–H and O–H groups in total. The molecule has 0 radical (unpaired) electrons. The smallest absolute Gasteiger partial charge is 0.228 e. The molecule has 0 saturated carbocycles. The van der Waals surface area contributed by atoms with E-state index >= 15 is 0 Å². The summed E-state index contributed by atoms with van der Waals surface area (Å²) >= 11 is 5.69. The topological polar surface area (TPSA) is 44.1 Å². The van der Waals surface area contributed by atoms with Crippen molar-refractivity contribution < 1.29 is 4.79 Å². The number of nitrogens with zero attached hydrogens (tertiary/aromatic N) is 2. The first-order valence-corrected chi connectivity index (χ1v) is 6.58. The summed E-state index contributed by atoms with van der Waals surface area (Å²) in [5.74, 6) is 1.14. The number of amides is 1. The number of thiophene rings is 1. The Hall–Kier alpha value is -0.990. The van der Waals surface area contributed by atoms with Crippen LogP contribution in [0.15, 0.2) is 5.38 Å². The summed E-state index contributed by atoms with van der Waals surface area (Å²) in [5, 5.41) is 11.8. The standard InChI is InChI=1S/C11H12N2OS2/c1-7-6-16-11(9(7)3-12)13-4-8(5-15)2-10(13)14/h6,8,15H,2,4-5H2,1H3. The van der Waals surface area contributed by atoms with E-state index in [1.54, 1.807) is 4.90 Å². The molecule has 5 heteroatoms. The SMILES string of the molecule is Cc1csc(N2CC(CS)CC2=O)c1C#N. The highest BCUT2D eigenvalue weighted by molar-refractivity contribution is 7.80. The third-order valence-electron chi connectivity index (χ3n) is 2.78. The van der Waals surface area contributed by atoms with Gasteiger partial charge in [0.05, 0.1) is 5.56 Å². The molecule has 1 aromatic rings. The zero-order valence-electron chi connectivity index (χ0n) is 8.93. The van der Waals surface area contributed by atoms with Crippen molar-refractivity contribution >= 4 is 34.9 Å². The maximum Gasteiger partial charge on any atom is 0.228 e. The molecular weight excluding hydrogens is 240 g/mol. The average Bonchev–Trinajstić information content (AvgIpc) is 2.81. The predicted octanol–water partition coefficient (Wildman–Crippen LogP) is 2.21. The molecule has 1 aliphatic heterocycles. The molecule has 16 heavy (non-hydrogen) atoms. The number of rotatable bonds is 2. The lowest BCUT2D eigenvalue weighted by Crippen LogP contribution is -2.24. The van der Waals surface area contributed by atoms with E-state index in [1.165, 1.54) is 11.3 Å². The molecule has 1 aliphatic rings. The van der Waals surface area contributed by atoms with Crippen molar-refractivity contribution in [2.75, 3.05) is 17.2 Å². The summed E-state index contributed by atoms with van der Waals surface area (Å²) in [5.41, 5.74) is 1.59. The number of carbonyl (C=O) groups is 1. The van der Waals surface area contributed by atoms with Gasteiger partial charge in [0.25, 0.3) is 0 Å². The molecule has 0 aliphatic carbocycles. The van der Waals surface area contributed by atoms with Crippen LogP contribution in [0, 0.1) is 24.2 Å². The van der Waals surface area contributed by atoms with Crippen LogP contribution >= 0.6 is 24.0 Å². The van der Waals surface area contributed by atoms with Gasteiger partial charge in [-0.1, -0.05) is 0 Å².